The minimum atomic E-state index is -0.252. The van der Waals surface area contributed by atoms with Crippen LogP contribution in [0.15, 0.2) is 11.6 Å². The van der Waals surface area contributed by atoms with Gasteiger partial charge in [0.05, 0.1) is 0 Å². The van der Waals surface area contributed by atoms with E-state index in [0.29, 0.717) is 5.92 Å². The SMILES string of the molecule is C/C=C1/CCC(C)(C(C)CC)OC1=O. The van der Waals surface area contributed by atoms with E-state index in [9.17, 15) is 4.79 Å². The Balaban J connectivity index is 2.75. The summed E-state index contributed by atoms with van der Waals surface area (Å²) in [4.78, 5) is 11.6. The fourth-order valence-electron chi connectivity index (χ4n) is 1.85. The molecule has 1 heterocycles. The van der Waals surface area contributed by atoms with Gasteiger partial charge in [0.15, 0.2) is 0 Å². The number of cyclic esters (lactones) is 1. The lowest BCUT2D eigenvalue weighted by atomic mass is 9.81. The third-order valence-electron chi connectivity index (χ3n) is 3.48. The first-order valence-corrected chi connectivity index (χ1v) is 5.42. The summed E-state index contributed by atoms with van der Waals surface area (Å²) >= 11 is 0. The molecule has 0 saturated carbocycles. The van der Waals surface area contributed by atoms with Gasteiger partial charge in [0.1, 0.15) is 5.60 Å². The zero-order valence-electron chi connectivity index (χ0n) is 9.59. The highest BCUT2D eigenvalue weighted by molar-refractivity contribution is 5.89. The molecule has 0 aliphatic carbocycles. The second-order valence-electron chi connectivity index (χ2n) is 4.33. The molecule has 1 fully saturated rings. The predicted molar refractivity (Wildman–Crippen MR) is 56.9 cm³/mol. The first-order valence-electron chi connectivity index (χ1n) is 5.42. The highest BCUT2D eigenvalue weighted by Gasteiger charge is 2.38. The Hall–Kier alpha value is -0.790. The van der Waals surface area contributed by atoms with Crippen molar-refractivity contribution in [1.29, 1.82) is 0 Å². The first kappa shape index (κ1) is 11.3. The molecule has 80 valence electrons. The average molecular weight is 196 g/mol. The van der Waals surface area contributed by atoms with Gasteiger partial charge in [-0.05, 0) is 39.0 Å². The molecule has 0 N–H and O–H groups in total. The van der Waals surface area contributed by atoms with Gasteiger partial charge < -0.3 is 4.74 Å². The van der Waals surface area contributed by atoms with Crippen LogP contribution < -0.4 is 0 Å². The molecule has 0 amide bonds. The van der Waals surface area contributed by atoms with E-state index in [4.69, 9.17) is 4.74 Å². The van der Waals surface area contributed by atoms with Crippen LogP contribution in [0.1, 0.15) is 47.0 Å². The van der Waals surface area contributed by atoms with E-state index in [1.807, 2.05) is 19.9 Å². The van der Waals surface area contributed by atoms with Gasteiger partial charge in [-0.2, -0.15) is 0 Å². The Morgan fingerprint density at radius 1 is 1.64 bits per heavy atom. The largest absolute Gasteiger partial charge is 0.456 e. The van der Waals surface area contributed by atoms with Crippen LogP contribution in [0.25, 0.3) is 0 Å². The molecule has 0 radical (unpaired) electrons. The highest BCUT2D eigenvalue weighted by atomic mass is 16.6. The molecule has 1 rings (SSSR count). The average Bonchev–Trinajstić information content (AvgIpc) is 2.17. The van der Waals surface area contributed by atoms with E-state index < -0.39 is 0 Å². The molecular formula is C12H20O2. The minimum absolute atomic E-state index is 0.124. The normalized spacial score (nSPS) is 32.9. The van der Waals surface area contributed by atoms with Crippen LogP contribution in [0.5, 0.6) is 0 Å². The number of ether oxygens (including phenoxy) is 1. The van der Waals surface area contributed by atoms with Gasteiger partial charge in [0.2, 0.25) is 0 Å². The van der Waals surface area contributed by atoms with Crippen molar-refractivity contribution < 1.29 is 9.53 Å². The fraction of sp³-hybridized carbons (Fsp3) is 0.750. The number of allylic oxidation sites excluding steroid dienone is 1. The van der Waals surface area contributed by atoms with Gasteiger partial charge in [-0.15, -0.1) is 0 Å². The lowest BCUT2D eigenvalue weighted by molar-refractivity contribution is -0.164. The Bertz CT molecular complexity index is 255. The van der Waals surface area contributed by atoms with Gasteiger partial charge in [0.25, 0.3) is 0 Å². The van der Waals surface area contributed by atoms with E-state index in [1.54, 1.807) is 0 Å². The van der Waals surface area contributed by atoms with Gasteiger partial charge in [0, 0.05) is 5.57 Å². The summed E-state index contributed by atoms with van der Waals surface area (Å²) in [6, 6.07) is 0. The van der Waals surface area contributed by atoms with Crippen LogP contribution in [-0.4, -0.2) is 11.6 Å². The lowest BCUT2D eigenvalue weighted by Crippen LogP contribution is -2.42. The third-order valence-corrected chi connectivity index (χ3v) is 3.48. The summed E-state index contributed by atoms with van der Waals surface area (Å²) < 4.78 is 5.52. The summed E-state index contributed by atoms with van der Waals surface area (Å²) in [6.45, 7) is 8.22. The van der Waals surface area contributed by atoms with Crippen LogP contribution >= 0.6 is 0 Å². The van der Waals surface area contributed by atoms with Crippen LogP contribution in [0.4, 0.5) is 0 Å². The zero-order chi connectivity index (χ0) is 10.8. The van der Waals surface area contributed by atoms with Crippen LogP contribution in [0.3, 0.4) is 0 Å². The van der Waals surface area contributed by atoms with Crippen LogP contribution in [-0.2, 0) is 9.53 Å². The molecule has 1 aliphatic heterocycles. The number of hydrogen-bond acceptors (Lipinski definition) is 2. The number of carbonyl (C=O) groups excluding carboxylic acids is 1. The zero-order valence-corrected chi connectivity index (χ0v) is 9.59. The maximum Gasteiger partial charge on any atom is 0.334 e. The van der Waals surface area contributed by atoms with Crippen molar-refractivity contribution >= 4 is 5.97 Å². The third kappa shape index (κ3) is 1.99. The molecule has 2 heteroatoms. The molecule has 2 unspecified atom stereocenters. The quantitative estimate of drug-likeness (QED) is 0.501. The summed E-state index contributed by atoms with van der Waals surface area (Å²) in [5.41, 5.74) is 0.573. The van der Waals surface area contributed by atoms with Crippen molar-refractivity contribution in [3.8, 4) is 0 Å². The molecule has 0 bridgehead atoms. The topological polar surface area (TPSA) is 26.3 Å². The van der Waals surface area contributed by atoms with Crippen molar-refractivity contribution in [2.24, 2.45) is 5.92 Å². The maximum absolute atomic E-state index is 11.6. The van der Waals surface area contributed by atoms with Gasteiger partial charge >= 0.3 is 5.97 Å². The number of carbonyl (C=O) groups is 1. The number of rotatable bonds is 2. The molecule has 2 nitrogen and oxygen atoms in total. The molecule has 1 saturated heterocycles. The van der Waals surface area contributed by atoms with Crippen molar-refractivity contribution in [3.05, 3.63) is 11.6 Å². The van der Waals surface area contributed by atoms with Crippen LogP contribution in [0, 0.1) is 5.92 Å². The second-order valence-corrected chi connectivity index (χ2v) is 4.33. The molecular weight excluding hydrogens is 176 g/mol. The second kappa shape index (κ2) is 4.16. The number of esters is 1. The molecule has 14 heavy (non-hydrogen) atoms. The van der Waals surface area contributed by atoms with Crippen molar-refractivity contribution in [2.75, 3.05) is 0 Å². The van der Waals surface area contributed by atoms with E-state index in [-0.39, 0.29) is 11.6 Å². The van der Waals surface area contributed by atoms with E-state index in [2.05, 4.69) is 13.8 Å². The molecule has 1 aliphatic rings. The van der Waals surface area contributed by atoms with Gasteiger partial charge in [-0.3, -0.25) is 0 Å². The Morgan fingerprint density at radius 2 is 2.29 bits per heavy atom. The summed E-state index contributed by atoms with van der Waals surface area (Å²) in [5, 5.41) is 0. The summed E-state index contributed by atoms with van der Waals surface area (Å²) in [7, 11) is 0. The Morgan fingerprint density at radius 3 is 2.71 bits per heavy atom. The van der Waals surface area contributed by atoms with Crippen LogP contribution in [0.2, 0.25) is 0 Å². The molecule has 0 aromatic rings. The predicted octanol–water partition coefficient (Wildman–Crippen LogP) is 3.07. The molecule has 0 aromatic carbocycles. The van der Waals surface area contributed by atoms with Gasteiger partial charge in [-0.25, -0.2) is 4.79 Å². The smallest absolute Gasteiger partial charge is 0.334 e. The van der Waals surface area contributed by atoms with Crippen molar-refractivity contribution in [2.45, 2.75) is 52.6 Å². The monoisotopic (exact) mass is 196 g/mol. The molecule has 2 atom stereocenters. The number of hydrogen-bond donors (Lipinski definition) is 0. The fourth-order valence-corrected chi connectivity index (χ4v) is 1.85. The Labute approximate surface area is 86.3 Å². The van der Waals surface area contributed by atoms with E-state index >= 15 is 0 Å². The summed E-state index contributed by atoms with van der Waals surface area (Å²) in [5.74, 6) is 0.311. The molecule has 0 spiro atoms. The molecule has 0 aromatic heterocycles. The Kier molecular flexibility index (Phi) is 3.35. The lowest BCUT2D eigenvalue weighted by Gasteiger charge is -2.38. The van der Waals surface area contributed by atoms with E-state index in [1.165, 1.54) is 0 Å². The summed E-state index contributed by atoms with van der Waals surface area (Å²) in [6.07, 6.45) is 4.72. The standard InChI is InChI=1S/C12H20O2/c1-5-9(3)12(4)8-7-10(6-2)11(13)14-12/h6,9H,5,7-8H2,1-4H3/b10-6-. The minimum Gasteiger partial charge on any atom is -0.456 e. The van der Waals surface area contributed by atoms with Gasteiger partial charge in [-0.1, -0.05) is 19.9 Å². The first-order chi connectivity index (χ1) is 6.53. The maximum atomic E-state index is 11.6. The van der Waals surface area contributed by atoms with E-state index in [0.717, 1.165) is 24.8 Å². The highest BCUT2D eigenvalue weighted by Crippen LogP contribution is 2.35. The van der Waals surface area contributed by atoms with Crippen molar-refractivity contribution in [3.63, 3.8) is 0 Å². The van der Waals surface area contributed by atoms with Crippen molar-refractivity contribution in [1.82, 2.24) is 0 Å².